The monoisotopic (exact) mass is 468 g/mol. The van der Waals surface area contributed by atoms with E-state index in [1.54, 1.807) is 18.5 Å². The van der Waals surface area contributed by atoms with Crippen LogP contribution in [0.3, 0.4) is 0 Å². The first-order valence-corrected chi connectivity index (χ1v) is 11.3. The Morgan fingerprint density at radius 2 is 1.77 bits per heavy atom. The van der Waals surface area contributed by atoms with Gasteiger partial charge in [0.2, 0.25) is 5.82 Å². The van der Waals surface area contributed by atoms with E-state index in [9.17, 15) is 4.39 Å². The Balaban J connectivity index is 1.15. The van der Waals surface area contributed by atoms with E-state index in [0.29, 0.717) is 37.2 Å². The van der Waals surface area contributed by atoms with Crippen molar-refractivity contribution in [1.82, 2.24) is 19.7 Å². The Morgan fingerprint density at radius 3 is 2.57 bits per heavy atom. The molecular formula is C27H21FN4O3. The minimum atomic E-state index is -0.267. The van der Waals surface area contributed by atoms with Gasteiger partial charge in [0.25, 0.3) is 5.89 Å². The summed E-state index contributed by atoms with van der Waals surface area (Å²) in [6, 6.07) is 23.9. The second-order valence-corrected chi connectivity index (χ2v) is 8.27. The lowest BCUT2D eigenvalue weighted by Crippen LogP contribution is -2.20. The fraction of sp³-hybridized carbons (Fsp3) is 0.148. The fourth-order valence-electron chi connectivity index (χ4n) is 4.06. The maximum Gasteiger partial charge on any atom is 0.278 e. The number of nitrogens with zero attached hydrogens (tertiary/aromatic N) is 4. The molecule has 8 heteroatoms. The number of imidazole rings is 1. The molecule has 2 aromatic heterocycles. The van der Waals surface area contributed by atoms with Crippen LogP contribution >= 0.6 is 0 Å². The van der Waals surface area contributed by atoms with E-state index in [0.717, 1.165) is 28.1 Å². The normalized spacial score (nSPS) is 15.1. The zero-order valence-corrected chi connectivity index (χ0v) is 18.7. The lowest BCUT2D eigenvalue weighted by Gasteiger charge is -2.25. The van der Waals surface area contributed by atoms with Gasteiger partial charge in [0.05, 0.1) is 25.2 Å². The molecule has 174 valence electrons. The Hall–Kier alpha value is -4.30. The number of fused-ring (bicyclic) bond motifs is 1. The number of hydrogen-bond acceptors (Lipinski definition) is 6. The maximum atomic E-state index is 13.2. The molecule has 0 fully saturated rings. The Morgan fingerprint density at radius 1 is 0.971 bits per heavy atom. The van der Waals surface area contributed by atoms with Crippen LogP contribution in [-0.4, -0.2) is 19.7 Å². The molecule has 1 atom stereocenters. The third-order valence-electron chi connectivity index (χ3n) is 5.96. The summed E-state index contributed by atoms with van der Waals surface area (Å²) in [5.41, 5.74) is 4.31. The molecule has 7 nitrogen and oxygen atoms in total. The first kappa shape index (κ1) is 21.2. The van der Waals surface area contributed by atoms with Gasteiger partial charge in [0.15, 0.2) is 5.69 Å². The van der Waals surface area contributed by atoms with Crippen molar-refractivity contribution in [2.75, 3.05) is 0 Å². The van der Waals surface area contributed by atoms with Crippen LogP contribution in [0.1, 0.15) is 22.9 Å². The Bertz CT molecular complexity index is 1430. The van der Waals surface area contributed by atoms with Gasteiger partial charge < -0.3 is 18.6 Å². The smallest absolute Gasteiger partial charge is 0.278 e. The van der Waals surface area contributed by atoms with Crippen molar-refractivity contribution in [1.29, 1.82) is 0 Å². The third-order valence-corrected chi connectivity index (χ3v) is 5.96. The molecule has 0 bridgehead atoms. The quantitative estimate of drug-likeness (QED) is 0.323. The average molecular weight is 468 g/mol. The molecule has 1 aliphatic rings. The zero-order chi connectivity index (χ0) is 23.6. The van der Waals surface area contributed by atoms with E-state index in [2.05, 4.69) is 15.1 Å². The summed E-state index contributed by atoms with van der Waals surface area (Å²) in [6.45, 7) is 1.41. The zero-order valence-electron chi connectivity index (χ0n) is 18.7. The number of halogens is 1. The molecule has 0 amide bonds. The van der Waals surface area contributed by atoms with Crippen molar-refractivity contribution >= 4 is 0 Å². The first-order valence-electron chi connectivity index (χ1n) is 11.3. The minimum absolute atomic E-state index is 0.175. The SMILES string of the molecule is Fc1ccc(C2Cn3cnc(-c4nc(-c5ccc(OCc6ccccc6)cc5)no4)c3CO2)cc1. The summed E-state index contributed by atoms with van der Waals surface area (Å²) >= 11 is 0. The molecule has 0 radical (unpaired) electrons. The summed E-state index contributed by atoms with van der Waals surface area (Å²) in [5, 5.41) is 4.13. The molecule has 1 unspecified atom stereocenters. The second-order valence-electron chi connectivity index (χ2n) is 8.27. The fourth-order valence-corrected chi connectivity index (χ4v) is 4.06. The molecule has 3 aromatic carbocycles. The summed E-state index contributed by atoms with van der Waals surface area (Å²) in [6.07, 6.45) is 1.57. The molecule has 0 aliphatic carbocycles. The van der Waals surface area contributed by atoms with Gasteiger partial charge >= 0.3 is 0 Å². The van der Waals surface area contributed by atoms with Crippen molar-refractivity contribution in [3.05, 3.63) is 108 Å². The maximum absolute atomic E-state index is 13.2. The molecule has 0 saturated carbocycles. The molecule has 6 rings (SSSR count). The number of aromatic nitrogens is 4. The van der Waals surface area contributed by atoms with Crippen LogP contribution in [0.15, 0.2) is 89.7 Å². The van der Waals surface area contributed by atoms with Crippen LogP contribution in [0, 0.1) is 5.82 Å². The molecule has 0 N–H and O–H groups in total. The molecule has 0 saturated heterocycles. The first-order chi connectivity index (χ1) is 17.2. The topological polar surface area (TPSA) is 75.2 Å². The lowest BCUT2D eigenvalue weighted by atomic mass is 10.1. The van der Waals surface area contributed by atoms with Gasteiger partial charge in [-0.25, -0.2) is 9.37 Å². The predicted octanol–water partition coefficient (Wildman–Crippen LogP) is 5.59. The van der Waals surface area contributed by atoms with E-state index >= 15 is 0 Å². The van der Waals surface area contributed by atoms with Gasteiger partial charge in [0.1, 0.15) is 24.3 Å². The highest BCUT2D eigenvalue weighted by Crippen LogP contribution is 2.32. The molecule has 0 spiro atoms. The number of rotatable bonds is 6. The molecule has 5 aromatic rings. The van der Waals surface area contributed by atoms with Crippen LogP contribution in [0.25, 0.3) is 23.0 Å². The van der Waals surface area contributed by atoms with Crippen molar-refractivity contribution in [2.45, 2.75) is 25.9 Å². The number of ether oxygens (including phenoxy) is 2. The Labute approximate surface area is 200 Å². The molecule has 3 heterocycles. The van der Waals surface area contributed by atoms with E-state index in [1.165, 1.54) is 12.1 Å². The van der Waals surface area contributed by atoms with Crippen LogP contribution < -0.4 is 4.74 Å². The van der Waals surface area contributed by atoms with Crippen molar-refractivity contribution < 1.29 is 18.4 Å². The average Bonchev–Trinajstić information content (AvgIpc) is 3.56. The van der Waals surface area contributed by atoms with Gasteiger partial charge in [-0.1, -0.05) is 47.6 Å². The van der Waals surface area contributed by atoms with Crippen LogP contribution in [0.4, 0.5) is 4.39 Å². The van der Waals surface area contributed by atoms with Gasteiger partial charge in [-0.3, -0.25) is 0 Å². The van der Waals surface area contributed by atoms with Crippen molar-refractivity contribution in [3.63, 3.8) is 0 Å². The summed E-state index contributed by atoms with van der Waals surface area (Å²) in [5.74, 6) is 1.30. The minimum Gasteiger partial charge on any atom is -0.489 e. The van der Waals surface area contributed by atoms with Crippen LogP contribution in [0.5, 0.6) is 5.75 Å². The highest BCUT2D eigenvalue weighted by Gasteiger charge is 2.26. The van der Waals surface area contributed by atoms with E-state index in [1.807, 2.05) is 59.2 Å². The van der Waals surface area contributed by atoms with Crippen molar-refractivity contribution in [2.24, 2.45) is 0 Å². The van der Waals surface area contributed by atoms with Gasteiger partial charge in [-0.15, -0.1) is 0 Å². The van der Waals surface area contributed by atoms with E-state index in [-0.39, 0.29) is 11.9 Å². The molecule has 35 heavy (non-hydrogen) atoms. The summed E-state index contributed by atoms with van der Waals surface area (Å²) in [4.78, 5) is 9.04. The second kappa shape index (κ2) is 9.15. The summed E-state index contributed by atoms with van der Waals surface area (Å²) < 4.78 is 32.6. The predicted molar refractivity (Wildman–Crippen MR) is 126 cm³/mol. The number of hydrogen-bond donors (Lipinski definition) is 0. The summed E-state index contributed by atoms with van der Waals surface area (Å²) in [7, 11) is 0. The highest BCUT2D eigenvalue weighted by atomic mass is 19.1. The largest absolute Gasteiger partial charge is 0.489 e. The van der Waals surface area contributed by atoms with Crippen LogP contribution in [-0.2, 0) is 24.5 Å². The van der Waals surface area contributed by atoms with Crippen LogP contribution in [0.2, 0.25) is 0 Å². The van der Waals surface area contributed by atoms with Gasteiger partial charge in [0, 0.05) is 5.56 Å². The Kier molecular flexibility index (Phi) is 5.56. The lowest BCUT2D eigenvalue weighted by molar-refractivity contribution is 0.00326. The molecular weight excluding hydrogens is 447 g/mol. The number of benzene rings is 3. The van der Waals surface area contributed by atoms with E-state index in [4.69, 9.17) is 14.0 Å². The third kappa shape index (κ3) is 4.43. The van der Waals surface area contributed by atoms with Crippen molar-refractivity contribution in [3.8, 4) is 28.7 Å². The van der Waals surface area contributed by atoms with Gasteiger partial charge in [-0.05, 0) is 47.5 Å². The standard InChI is InChI=1S/C27H21FN4O3/c28-21-10-6-19(7-11-21)24-14-32-17-29-25(23(32)16-34-24)27-30-26(31-35-27)20-8-12-22(13-9-20)33-15-18-4-2-1-3-5-18/h1-13,17,24H,14-16H2. The highest BCUT2D eigenvalue weighted by molar-refractivity contribution is 5.60. The molecule has 1 aliphatic heterocycles. The van der Waals surface area contributed by atoms with Gasteiger partial charge in [-0.2, -0.15) is 4.98 Å². The van der Waals surface area contributed by atoms with E-state index < -0.39 is 0 Å².